The highest BCUT2D eigenvalue weighted by atomic mass is 15.3. The highest BCUT2D eigenvalue weighted by molar-refractivity contribution is 6.42. The smallest absolute Gasteiger partial charge is 0.146 e. The van der Waals surface area contributed by atoms with Gasteiger partial charge in [0.2, 0.25) is 0 Å². The lowest BCUT2D eigenvalue weighted by Crippen LogP contribution is -2.40. The highest BCUT2D eigenvalue weighted by Gasteiger charge is 2.36. The molecule has 26 heavy (non-hydrogen) atoms. The van der Waals surface area contributed by atoms with Crippen molar-refractivity contribution in [3.05, 3.63) is 29.3 Å². The van der Waals surface area contributed by atoms with E-state index in [9.17, 15) is 0 Å². The van der Waals surface area contributed by atoms with E-state index in [0.29, 0.717) is 17.9 Å². The fraction of sp³-hybridized carbons (Fsp3) is 0.652. The molecule has 0 spiro atoms. The van der Waals surface area contributed by atoms with Gasteiger partial charge in [0.05, 0.1) is 17.4 Å². The molecule has 0 saturated carbocycles. The van der Waals surface area contributed by atoms with Crippen LogP contribution in [-0.4, -0.2) is 35.6 Å². The van der Waals surface area contributed by atoms with Crippen LogP contribution in [0, 0.1) is 5.41 Å². The number of piperidine rings is 1. The predicted octanol–water partition coefficient (Wildman–Crippen LogP) is 5.93. The highest BCUT2D eigenvalue weighted by Crippen LogP contribution is 2.36. The van der Waals surface area contributed by atoms with Crippen molar-refractivity contribution in [2.75, 3.05) is 13.1 Å². The minimum atomic E-state index is 0.203. The molecular formula is C23H35N3. The molecule has 0 radical (unpaired) electrons. The Kier molecular flexibility index (Phi) is 5.28. The Hall–Kier alpha value is -1.64. The van der Waals surface area contributed by atoms with Gasteiger partial charge in [-0.25, -0.2) is 4.99 Å². The van der Waals surface area contributed by atoms with E-state index in [4.69, 9.17) is 9.98 Å². The largest absolute Gasteiger partial charge is 0.353 e. The normalized spacial score (nSPS) is 22.3. The van der Waals surface area contributed by atoms with Crippen LogP contribution in [0.2, 0.25) is 0 Å². The van der Waals surface area contributed by atoms with Crippen LogP contribution in [0.1, 0.15) is 84.3 Å². The van der Waals surface area contributed by atoms with Crippen LogP contribution in [-0.2, 0) is 0 Å². The lowest BCUT2D eigenvalue weighted by molar-refractivity contribution is 0.287. The number of aliphatic imine (C=N–C) groups is 2. The van der Waals surface area contributed by atoms with Crippen molar-refractivity contribution in [2.45, 2.75) is 79.2 Å². The van der Waals surface area contributed by atoms with Crippen molar-refractivity contribution in [3.63, 3.8) is 0 Å². The topological polar surface area (TPSA) is 28.0 Å². The molecule has 3 rings (SSSR count). The van der Waals surface area contributed by atoms with Crippen LogP contribution in [0.3, 0.4) is 0 Å². The maximum absolute atomic E-state index is 5.26. The lowest BCUT2D eigenvalue weighted by atomic mass is 9.87. The van der Waals surface area contributed by atoms with E-state index in [1.165, 1.54) is 28.9 Å². The monoisotopic (exact) mass is 353 g/mol. The molecule has 1 saturated heterocycles. The minimum absolute atomic E-state index is 0.203. The van der Waals surface area contributed by atoms with Crippen molar-refractivity contribution in [3.8, 4) is 0 Å². The van der Waals surface area contributed by atoms with E-state index in [1.807, 2.05) is 0 Å². The van der Waals surface area contributed by atoms with Crippen molar-refractivity contribution < 1.29 is 0 Å². The summed E-state index contributed by atoms with van der Waals surface area (Å²) in [4.78, 5) is 12.8. The number of hydrogen-bond donors (Lipinski definition) is 0. The summed E-state index contributed by atoms with van der Waals surface area (Å²) < 4.78 is 0. The standard InChI is InChI=1S/C23H35N3/c1-15(2)17-10-8-11-18(16(3)4)21(17)24-19-12-9-13-26-14-20(23(5,6)7)25-22(19)26/h8,10-11,15-16,20H,9,12-14H2,1-7H3/t20-/m1/s1. The summed E-state index contributed by atoms with van der Waals surface area (Å²) in [5, 5.41) is 0. The lowest BCUT2D eigenvalue weighted by Gasteiger charge is -2.29. The first kappa shape index (κ1) is 19.1. The molecule has 1 fully saturated rings. The number of rotatable bonds is 3. The van der Waals surface area contributed by atoms with E-state index in [1.54, 1.807) is 0 Å². The van der Waals surface area contributed by atoms with Gasteiger partial charge in [-0.05, 0) is 41.2 Å². The molecule has 142 valence electrons. The zero-order chi connectivity index (χ0) is 19.1. The quantitative estimate of drug-likeness (QED) is 0.662. The molecule has 0 amide bonds. The first-order valence-electron chi connectivity index (χ1n) is 10.2. The predicted molar refractivity (Wildman–Crippen MR) is 113 cm³/mol. The summed E-state index contributed by atoms with van der Waals surface area (Å²) in [5.41, 5.74) is 5.29. The van der Waals surface area contributed by atoms with Crippen LogP contribution in [0.25, 0.3) is 0 Å². The Morgan fingerprint density at radius 2 is 1.69 bits per heavy atom. The Morgan fingerprint density at radius 1 is 1.08 bits per heavy atom. The number of amidine groups is 1. The van der Waals surface area contributed by atoms with Gasteiger partial charge in [-0.2, -0.15) is 0 Å². The summed E-state index contributed by atoms with van der Waals surface area (Å²) in [6, 6.07) is 7.03. The van der Waals surface area contributed by atoms with Crippen LogP contribution >= 0.6 is 0 Å². The van der Waals surface area contributed by atoms with Gasteiger partial charge < -0.3 is 4.90 Å². The van der Waals surface area contributed by atoms with Crippen molar-refractivity contribution >= 4 is 17.2 Å². The molecule has 3 heteroatoms. The average molecular weight is 354 g/mol. The Balaban J connectivity index is 2.07. The summed E-state index contributed by atoms with van der Waals surface area (Å²) >= 11 is 0. The Bertz CT molecular complexity index is 693. The van der Waals surface area contributed by atoms with Crippen LogP contribution in [0.15, 0.2) is 28.2 Å². The Morgan fingerprint density at radius 3 is 2.23 bits per heavy atom. The molecular weight excluding hydrogens is 318 g/mol. The first-order valence-corrected chi connectivity index (χ1v) is 10.2. The van der Waals surface area contributed by atoms with Crippen molar-refractivity contribution in [2.24, 2.45) is 15.4 Å². The maximum atomic E-state index is 5.26. The van der Waals surface area contributed by atoms with Crippen LogP contribution < -0.4 is 0 Å². The van der Waals surface area contributed by atoms with Gasteiger partial charge in [-0.1, -0.05) is 66.7 Å². The summed E-state index contributed by atoms with van der Waals surface area (Å²) in [6.45, 7) is 18.1. The molecule has 0 bridgehead atoms. The average Bonchev–Trinajstić information content (AvgIpc) is 3.00. The van der Waals surface area contributed by atoms with E-state index in [2.05, 4.69) is 71.6 Å². The first-order chi connectivity index (χ1) is 12.2. The molecule has 1 aromatic rings. The van der Waals surface area contributed by atoms with E-state index in [-0.39, 0.29) is 5.41 Å². The second-order valence-electron chi connectivity index (χ2n) is 9.54. The van der Waals surface area contributed by atoms with Gasteiger partial charge in [0, 0.05) is 13.1 Å². The van der Waals surface area contributed by atoms with Crippen molar-refractivity contribution in [1.29, 1.82) is 0 Å². The SMILES string of the molecule is CC(C)c1cccc(C(C)C)c1N=C1CCCN2C[C@H](C(C)(C)C)N=C12. The van der Waals surface area contributed by atoms with E-state index in [0.717, 1.165) is 25.3 Å². The molecule has 0 N–H and O–H groups in total. The zero-order valence-corrected chi connectivity index (χ0v) is 17.6. The van der Waals surface area contributed by atoms with E-state index >= 15 is 0 Å². The minimum Gasteiger partial charge on any atom is -0.353 e. The molecule has 1 aromatic carbocycles. The molecule has 2 aliphatic heterocycles. The molecule has 2 heterocycles. The second-order valence-corrected chi connectivity index (χ2v) is 9.54. The van der Waals surface area contributed by atoms with E-state index < -0.39 is 0 Å². The van der Waals surface area contributed by atoms with Crippen LogP contribution in [0.4, 0.5) is 5.69 Å². The number of fused-ring (bicyclic) bond motifs is 1. The summed E-state index contributed by atoms with van der Waals surface area (Å²) in [7, 11) is 0. The molecule has 1 atom stereocenters. The fourth-order valence-electron chi connectivity index (χ4n) is 3.92. The molecule has 0 aliphatic carbocycles. The van der Waals surface area contributed by atoms with Gasteiger partial charge in [-0.3, -0.25) is 4.99 Å². The Labute approximate surface area is 159 Å². The third kappa shape index (κ3) is 3.72. The summed E-state index contributed by atoms with van der Waals surface area (Å²) in [6.07, 6.45) is 2.21. The van der Waals surface area contributed by atoms with Gasteiger partial charge in [0.1, 0.15) is 5.84 Å². The third-order valence-corrected chi connectivity index (χ3v) is 5.66. The fourth-order valence-corrected chi connectivity index (χ4v) is 3.92. The van der Waals surface area contributed by atoms with Gasteiger partial charge in [-0.15, -0.1) is 0 Å². The second kappa shape index (κ2) is 7.17. The molecule has 2 aliphatic rings. The van der Waals surface area contributed by atoms with Crippen LogP contribution in [0.5, 0.6) is 0 Å². The number of nitrogens with zero attached hydrogens (tertiary/aromatic N) is 3. The number of hydrogen-bond acceptors (Lipinski definition) is 3. The zero-order valence-electron chi connectivity index (χ0n) is 17.6. The molecule has 0 unspecified atom stereocenters. The number of benzene rings is 1. The number of para-hydroxylation sites is 1. The third-order valence-electron chi connectivity index (χ3n) is 5.66. The van der Waals surface area contributed by atoms with Gasteiger partial charge in [0.15, 0.2) is 0 Å². The molecule has 3 nitrogen and oxygen atoms in total. The molecule has 0 aromatic heterocycles. The van der Waals surface area contributed by atoms with Gasteiger partial charge in [0.25, 0.3) is 0 Å². The van der Waals surface area contributed by atoms with Crippen molar-refractivity contribution in [1.82, 2.24) is 4.90 Å². The maximum Gasteiger partial charge on any atom is 0.146 e. The van der Waals surface area contributed by atoms with Gasteiger partial charge >= 0.3 is 0 Å². The summed E-state index contributed by atoms with van der Waals surface area (Å²) in [5.74, 6) is 2.10.